The van der Waals surface area contributed by atoms with Gasteiger partial charge in [0.2, 0.25) is 10.0 Å². The molecule has 2 aromatic rings. The van der Waals surface area contributed by atoms with Crippen LogP contribution in [0.25, 0.3) is 10.8 Å². The molecule has 0 aromatic carbocycles. The lowest BCUT2D eigenvalue weighted by atomic mass is 9.94. The fourth-order valence-electron chi connectivity index (χ4n) is 1.73. The first-order chi connectivity index (χ1) is 10.6. The lowest BCUT2D eigenvalue weighted by Crippen LogP contribution is -2.33. The quantitative estimate of drug-likeness (QED) is 0.888. The average molecular weight is 356 g/mol. The van der Waals surface area contributed by atoms with Crippen molar-refractivity contribution < 1.29 is 17.6 Å². The SMILES string of the molecule is Cc1ccc(-c2nc(C(=O)NS(=O)(=O)CCC(C)(C)C)cs2)o1. The lowest BCUT2D eigenvalue weighted by molar-refractivity contribution is 0.0977. The summed E-state index contributed by atoms with van der Waals surface area (Å²) in [6.45, 7) is 7.65. The van der Waals surface area contributed by atoms with E-state index < -0.39 is 15.9 Å². The number of carbonyl (C=O) groups is 1. The molecule has 0 radical (unpaired) electrons. The Labute approximate surface area is 140 Å². The molecule has 0 saturated carbocycles. The highest BCUT2D eigenvalue weighted by molar-refractivity contribution is 7.90. The predicted molar refractivity (Wildman–Crippen MR) is 89.9 cm³/mol. The smallest absolute Gasteiger partial charge is 0.284 e. The summed E-state index contributed by atoms with van der Waals surface area (Å²) in [5.74, 6) is 0.481. The number of furan rings is 1. The molecule has 2 heterocycles. The van der Waals surface area contributed by atoms with Gasteiger partial charge in [-0.3, -0.25) is 4.79 Å². The first kappa shape index (κ1) is 17.7. The van der Waals surface area contributed by atoms with Crippen LogP contribution >= 0.6 is 11.3 Å². The Balaban J connectivity index is 2.05. The molecular weight excluding hydrogens is 336 g/mol. The summed E-state index contributed by atoms with van der Waals surface area (Å²) in [6, 6.07) is 3.56. The topological polar surface area (TPSA) is 89.3 Å². The van der Waals surface area contributed by atoms with Gasteiger partial charge in [-0.15, -0.1) is 11.3 Å². The van der Waals surface area contributed by atoms with E-state index in [-0.39, 0.29) is 16.9 Å². The predicted octanol–water partition coefficient (Wildman–Crippen LogP) is 3.21. The number of rotatable bonds is 5. The summed E-state index contributed by atoms with van der Waals surface area (Å²) in [5.41, 5.74) is -0.0543. The molecule has 1 N–H and O–H groups in total. The molecule has 23 heavy (non-hydrogen) atoms. The molecule has 0 fully saturated rings. The molecule has 0 aliphatic rings. The summed E-state index contributed by atoms with van der Waals surface area (Å²) >= 11 is 1.23. The van der Waals surface area contributed by atoms with Crippen LogP contribution in [0.4, 0.5) is 0 Å². The highest BCUT2D eigenvalue weighted by atomic mass is 32.2. The largest absolute Gasteiger partial charge is 0.459 e. The van der Waals surface area contributed by atoms with E-state index in [9.17, 15) is 13.2 Å². The zero-order valence-corrected chi connectivity index (χ0v) is 15.2. The summed E-state index contributed by atoms with van der Waals surface area (Å²) in [5, 5.41) is 2.05. The van der Waals surface area contributed by atoms with Crippen LogP contribution in [0, 0.1) is 12.3 Å². The van der Waals surface area contributed by atoms with E-state index >= 15 is 0 Å². The molecule has 2 rings (SSSR count). The second kappa shape index (κ2) is 6.45. The summed E-state index contributed by atoms with van der Waals surface area (Å²) in [6.07, 6.45) is 0.462. The fourth-order valence-corrected chi connectivity index (χ4v) is 3.86. The van der Waals surface area contributed by atoms with Crippen molar-refractivity contribution in [2.24, 2.45) is 5.41 Å². The van der Waals surface area contributed by atoms with Crippen molar-refractivity contribution in [1.82, 2.24) is 9.71 Å². The third-order valence-electron chi connectivity index (χ3n) is 3.06. The fraction of sp³-hybridized carbons (Fsp3) is 0.467. The van der Waals surface area contributed by atoms with Gasteiger partial charge >= 0.3 is 0 Å². The maximum Gasteiger partial charge on any atom is 0.284 e. The number of aryl methyl sites for hydroxylation is 1. The zero-order valence-electron chi connectivity index (χ0n) is 13.5. The van der Waals surface area contributed by atoms with Gasteiger partial charge in [0.25, 0.3) is 5.91 Å². The van der Waals surface area contributed by atoms with Gasteiger partial charge in [-0.2, -0.15) is 0 Å². The molecular formula is C15H20N2O4S2. The highest BCUT2D eigenvalue weighted by Gasteiger charge is 2.22. The Kier molecular flexibility index (Phi) is 4.95. The van der Waals surface area contributed by atoms with Gasteiger partial charge in [-0.05, 0) is 30.9 Å². The van der Waals surface area contributed by atoms with Crippen LogP contribution in [0.15, 0.2) is 21.9 Å². The van der Waals surface area contributed by atoms with E-state index in [0.717, 1.165) is 5.76 Å². The van der Waals surface area contributed by atoms with Gasteiger partial charge in [0.1, 0.15) is 11.5 Å². The molecule has 0 spiro atoms. The number of nitrogens with one attached hydrogen (secondary N) is 1. The Morgan fingerprint density at radius 2 is 2.04 bits per heavy atom. The van der Waals surface area contributed by atoms with Crippen molar-refractivity contribution in [3.05, 3.63) is 29.0 Å². The molecule has 0 atom stereocenters. The van der Waals surface area contributed by atoms with Crippen molar-refractivity contribution in [2.75, 3.05) is 5.75 Å². The van der Waals surface area contributed by atoms with E-state index in [1.54, 1.807) is 12.1 Å². The lowest BCUT2D eigenvalue weighted by Gasteiger charge is -2.17. The molecule has 0 unspecified atom stereocenters. The average Bonchev–Trinajstić information content (AvgIpc) is 3.03. The molecule has 2 aromatic heterocycles. The number of hydrogen-bond donors (Lipinski definition) is 1. The number of nitrogens with zero attached hydrogens (tertiary/aromatic N) is 1. The third-order valence-corrected chi connectivity index (χ3v) is 5.15. The van der Waals surface area contributed by atoms with Gasteiger partial charge in [-0.1, -0.05) is 20.8 Å². The minimum atomic E-state index is -3.67. The van der Waals surface area contributed by atoms with Crippen LogP contribution in [-0.4, -0.2) is 25.1 Å². The molecule has 6 nitrogen and oxygen atoms in total. The third kappa shape index (κ3) is 5.18. The standard InChI is InChI=1S/C15H20N2O4S2/c1-10-5-6-12(21-10)14-16-11(9-22-14)13(18)17-23(19,20)8-7-15(2,3)4/h5-6,9H,7-8H2,1-4H3,(H,17,18). The minimum Gasteiger partial charge on any atom is -0.459 e. The molecule has 0 aliphatic heterocycles. The van der Waals surface area contributed by atoms with Crippen LogP contribution in [0.3, 0.4) is 0 Å². The van der Waals surface area contributed by atoms with Crippen LogP contribution in [-0.2, 0) is 10.0 Å². The number of thiazole rings is 1. The second-order valence-electron chi connectivity index (χ2n) is 6.51. The summed E-state index contributed by atoms with van der Waals surface area (Å²) in [7, 11) is -3.67. The number of sulfonamides is 1. The van der Waals surface area contributed by atoms with E-state index in [0.29, 0.717) is 17.2 Å². The van der Waals surface area contributed by atoms with Gasteiger partial charge in [0, 0.05) is 5.38 Å². The van der Waals surface area contributed by atoms with E-state index in [4.69, 9.17) is 4.42 Å². The van der Waals surface area contributed by atoms with Crippen molar-refractivity contribution >= 4 is 27.3 Å². The normalized spacial score (nSPS) is 12.3. The zero-order chi connectivity index (χ0) is 17.3. The second-order valence-corrected chi connectivity index (χ2v) is 9.21. The van der Waals surface area contributed by atoms with Crippen LogP contribution in [0.1, 0.15) is 43.4 Å². The van der Waals surface area contributed by atoms with Crippen LogP contribution < -0.4 is 4.72 Å². The van der Waals surface area contributed by atoms with E-state index in [1.165, 1.54) is 16.7 Å². The van der Waals surface area contributed by atoms with Crippen LogP contribution in [0.5, 0.6) is 0 Å². The molecule has 0 bridgehead atoms. The Hall–Kier alpha value is -1.67. The first-order valence-corrected chi connectivity index (χ1v) is 9.66. The number of aromatic nitrogens is 1. The van der Waals surface area contributed by atoms with Crippen molar-refractivity contribution in [1.29, 1.82) is 0 Å². The van der Waals surface area contributed by atoms with Gasteiger partial charge < -0.3 is 4.42 Å². The first-order valence-electron chi connectivity index (χ1n) is 7.13. The van der Waals surface area contributed by atoms with Gasteiger partial charge in [-0.25, -0.2) is 18.1 Å². The molecule has 0 aliphatic carbocycles. The summed E-state index contributed by atoms with van der Waals surface area (Å²) < 4.78 is 31.4. The van der Waals surface area contributed by atoms with E-state index in [1.807, 2.05) is 27.7 Å². The minimum absolute atomic E-state index is 0.0680. The number of carbonyl (C=O) groups excluding carboxylic acids is 1. The van der Waals surface area contributed by atoms with Gasteiger partial charge in [0.15, 0.2) is 10.8 Å². The van der Waals surface area contributed by atoms with Crippen molar-refractivity contribution in [3.63, 3.8) is 0 Å². The van der Waals surface area contributed by atoms with Crippen LogP contribution in [0.2, 0.25) is 0 Å². The van der Waals surface area contributed by atoms with E-state index in [2.05, 4.69) is 9.71 Å². The Bertz CT molecular complexity index is 798. The number of amides is 1. The molecule has 1 amide bonds. The molecule has 126 valence electrons. The molecule has 8 heteroatoms. The monoisotopic (exact) mass is 356 g/mol. The van der Waals surface area contributed by atoms with Gasteiger partial charge in [0.05, 0.1) is 5.75 Å². The summed E-state index contributed by atoms with van der Waals surface area (Å²) in [4.78, 5) is 16.2. The number of hydrogen-bond acceptors (Lipinski definition) is 6. The Morgan fingerprint density at radius 3 is 2.61 bits per heavy atom. The highest BCUT2D eigenvalue weighted by Crippen LogP contribution is 2.25. The van der Waals surface area contributed by atoms with Crippen molar-refractivity contribution in [3.8, 4) is 10.8 Å². The van der Waals surface area contributed by atoms with Crippen molar-refractivity contribution in [2.45, 2.75) is 34.1 Å². The Morgan fingerprint density at radius 1 is 1.35 bits per heavy atom. The maximum atomic E-state index is 12.1. The maximum absolute atomic E-state index is 12.1. The molecule has 0 saturated heterocycles.